The number of carboxylic acids is 2. The molecule has 1 aromatic carbocycles. The van der Waals surface area contributed by atoms with Crippen LogP contribution in [0, 0.1) is 0 Å². The summed E-state index contributed by atoms with van der Waals surface area (Å²) in [6.45, 7) is 6.67. The van der Waals surface area contributed by atoms with Crippen LogP contribution in [0.15, 0.2) is 36.9 Å². The Labute approximate surface area is 159 Å². The third kappa shape index (κ3) is 2.78. The SMILES string of the molecule is C=C[C@@]1(C)S[C@@H]2[C@H](N(C(C)=O)c3cccc(C(=O)O)c3)C(=O)N2C1C(=O)O. The summed E-state index contributed by atoms with van der Waals surface area (Å²) in [4.78, 5) is 50.5. The van der Waals surface area contributed by atoms with Gasteiger partial charge in [0.15, 0.2) is 0 Å². The number of hydrogen-bond donors (Lipinski definition) is 2. The normalized spacial score (nSPS) is 28.9. The number of hydrogen-bond acceptors (Lipinski definition) is 5. The number of benzene rings is 1. The van der Waals surface area contributed by atoms with Crippen LogP contribution in [0.2, 0.25) is 0 Å². The number of fused-ring (bicyclic) bond motifs is 1. The molecule has 0 aromatic heterocycles. The van der Waals surface area contributed by atoms with Crippen molar-refractivity contribution < 1.29 is 29.4 Å². The minimum absolute atomic E-state index is 0.0132. The second kappa shape index (κ2) is 6.41. The Morgan fingerprint density at radius 3 is 2.52 bits per heavy atom. The topological polar surface area (TPSA) is 115 Å². The van der Waals surface area contributed by atoms with Gasteiger partial charge in [-0.05, 0) is 25.1 Å². The Morgan fingerprint density at radius 2 is 2.00 bits per heavy atom. The van der Waals surface area contributed by atoms with Crippen molar-refractivity contribution in [2.45, 2.75) is 36.1 Å². The van der Waals surface area contributed by atoms with Gasteiger partial charge in [-0.15, -0.1) is 18.3 Å². The van der Waals surface area contributed by atoms with Crippen molar-refractivity contribution in [1.82, 2.24) is 4.90 Å². The predicted octanol–water partition coefficient (Wildman–Crippen LogP) is 1.42. The van der Waals surface area contributed by atoms with Gasteiger partial charge in [0.2, 0.25) is 5.91 Å². The molecule has 2 heterocycles. The number of anilines is 1. The zero-order chi connectivity index (χ0) is 20.1. The molecular formula is C18H18N2O6S. The molecule has 2 aliphatic heterocycles. The summed E-state index contributed by atoms with van der Waals surface area (Å²) in [6.07, 6.45) is 1.50. The Balaban J connectivity index is 2.00. The van der Waals surface area contributed by atoms with Crippen LogP contribution in [0.4, 0.5) is 5.69 Å². The largest absolute Gasteiger partial charge is 0.480 e. The molecule has 142 valence electrons. The van der Waals surface area contributed by atoms with Crippen molar-refractivity contribution >= 4 is 41.2 Å². The third-order valence-corrected chi connectivity index (χ3v) is 6.50. The molecular weight excluding hydrogens is 372 g/mol. The molecule has 0 bridgehead atoms. The smallest absolute Gasteiger partial charge is 0.335 e. The lowest BCUT2D eigenvalue weighted by atomic mass is 9.93. The first kappa shape index (κ1) is 19.0. The first-order valence-corrected chi connectivity index (χ1v) is 9.00. The highest BCUT2D eigenvalue weighted by Crippen LogP contribution is 2.53. The molecule has 9 heteroatoms. The molecule has 2 N–H and O–H groups in total. The molecule has 0 spiro atoms. The van der Waals surface area contributed by atoms with Crippen LogP contribution in [0.25, 0.3) is 0 Å². The summed E-state index contributed by atoms with van der Waals surface area (Å²) in [5.41, 5.74) is 0.265. The van der Waals surface area contributed by atoms with E-state index in [2.05, 4.69) is 6.58 Å². The second-order valence-electron chi connectivity index (χ2n) is 6.57. The monoisotopic (exact) mass is 390 g/mol. The minimum atomic E-state index is -1.15. The average Bonchev–Trinajstić information content (AvgIpc) is 2.89. The number of amides is 2. The number of aromatic carboxylic acids is 1. The third-order valence-electron chi connectivity index (χ3n) is 4.88. The first-order chi connectivity index (χ1) is 12.6. The van der Waals surface area contributed by atoms with E-state index in [0.717, 1.165) is 0 Å². The van der Waals surface area contributed by atoms with E-state index in [0.29, 0.717) is 0 Å². The van der Waals surface area contributed by atoms with Gasteiger partial charge in [-0.3, -0.25) is 14.5 Å². The molecule has 0 radical (unpaired) electrons. The minimum Gasteiger partial charge on any atom is -0.480 e. The number of thioether (sulfide) groups is 1. The molecule has 4 atom stereocenters. The van der Waals surface area contributed by atoms with Crippen LogP contribution in [0.5, 0.6) is 0 Å². The molecule has 0 aliphatic carbocycles. The number of carboxylic acid groups (broad SMARTS) is 2. The molecule has 2 fully saturated rings. The van der Waals surface area contributed by atoms with Gasteiger partial charge in [-0.25, -0.2) is 9.59 Å². The number of carbonyl (C=O) groups is 4. The van der Waals surface area contributed by atoms with Gasteiger partial charge >= 0.3 is 11.9 Å². The highest BCUT2D eigenvalue weighted by atomic mass is 32.2. The van der Waals surface area contributed by atoms with Gasteiger partial charge in [0.1, 0.15) is 17.5 Å². The fraction of sp³-hybridized carbons (Fsp3) is 0.333. The number of rotatable bonds is 5. The number of carbonyl (C=O) groups excluding carboxylic acids is 2. The van der Waals surface area contributed by atoms with Crippen molar-refractivity contribution in [3.05, 3.63) is 42.5 Å². The number of β-lactam (4-membered cyclic amide) rings is 1. The summed E-state index contributed by atoms with van der Waals surface area (Å²) < 4.78 is -0.897. The summed E-state index contributed by atoms with van der Waals surface area (Å²) in [6, 6.07) is 3.77. The van der Waals surface area contributed by atoms with Crippen molar-refractivity contribution in [2.75, 3.05) is 4.90 Å². The van der Waals surface area contributed by atoms with E-state index in [9.17, 15) is 29.4 Å². The number of nitrogens with zero attached hydrogens (tertiary/aromatic N) is 2. The van der Waals surface area contributed by atoms with E-state index >= 15 is 0 Å². The quantitative estimate of drug-likeness (QED) is 0.577. The lowest BCUT2D eigenvalue weighted by Gasteiger charge is -2.48. The molecule has 2 saturated heterocycles. The number of aliphatic carboxylic acids is 1. The van der Waals surface area contributed by atoms with Crippen molar-refractivity contribution in [1.29, 1.82) is 0 Å². The Bertz CT molecular complexity index is 871. The van der Waals surface area contributed by atoms with Gasteiger partial charge in [0.05, 0.1) is 10.3 Å². The maximum absolute atomic E-state index is 12.8. The maximum Gasteiger partial charge on any atom is 0.335 e. The van der Waals surface area contributed by atoms with E-state index in [-0.39, 0.29) is 11.3 Å². The van der Waals surface area contributed by atoms with Gasteiger partial charge in [-0.1, -0.05) is 12.1 Å². The lowest BCUT2D eigenvalue weighted by molar-refractivity contribution is -0.159. The first-order valence-electron chi connectivity index (χ1n) is 8.12. The van der Waals surface area contributed by atoms with Gasteiger partial charge in [-0.2, -0.15) is 0 Å². The van der Waals surface area contributed by atoms with Crippen LogP contribution in [-0.4, -0.2) is 61.1 Å². The van der Waals surface area contributed by atoms with Gasteiger partial charge in [0.25, 0.3) is 5.91 Å². The Morgan fingerprint density at radius 1 is 1.33 bits per heavy atom. The van der Waals surface area contributed by atoms with Gasteiger partial charge < -0.3 is 15.1 Å². The molecule has 2 amide bonds. The van der Waals surface area contributed by atoms with E-state index in [4.69, 9.17) is 0 Å². The molecule has 0 saturated carbocycles. The van der Waals surface area contributed by atoms with Crippen molar-refractivity contribution in [3.8, 4) is 0 Å². The van der Waals surface area contributed by atoms with Crippen LogP contribution in [0.1, 0.15) is 24.2 Å². The molecule has 27 heavy (non-hydrogen) atoms. The molecule has 1 unspecified atom stereocenters. The van der Waals surface area contributed by atoms with Gasteiger partial charge in [0, 0.05) is 12.6 Å². The van der Waals surface area contributed by atoms with Crippen LogP contribution in [-0.2, 0) is 14.4 Å². The predicted molar refractivity (Wildman–Crippen MR) is 98.6 cm³/mol. The average molecular weight is 390 g/mol. The molecule has 1 aromatic rings. The van der Waals surface area contributed by atoms with Crippen LogP contribution < -0.4 is 4.90 Å². The Kier molecular flexibility index (Phi) is 4.51. The molecule has 2 aliphatic rings. The van der Waals surface area contributed by atoms with E-state index in [1.54, 1.807) is 13.0 Å². The van der Waals surface area contributed by atoms with Crippen molar-refractivity contribution in [2.24, 2.45) is 0 Å². The summed E-state index contributed by atoms with van der Waals surface area (Å²) >= 11 is 1.26. The molecule has 3 rings (SSSR count). The van der Waals surface area contributed by atoms with E-state index in [1.807, 2.05) is 0 Å². The zero-order valence-corrected chi connectivity index (χ0v) is 15.5. The Hall–Kier alpha value is -2.81. The van der Waals surface area contributed by atoms with E-state index < -0.39 is 46.0 Å². The van der Waals surface area contributed by atoms with Crippen LogP contribution in [0.3, 0.4) is 0 Å². The standard InChI is InChI=1S/C18H18N2O6S/c1-4-18(3)13(17(25)26)20-14(22)12(15(20)27-18)19(9(2)21)11-7-5-6-10(8-11)16(23)24/h4-8,12-13,15H,1H2,2-3H3,(H,23,24)(H,25,26)/t12-,13?,15-,18-/m1/s1. The maximum atomic E-state index is 12.8. The van der Waals surface area contributed by atoms with E-state index in [1.165, 1.54) is 52.8 Å². The summed E-state index contributed by atoms with van der Waals surface area (Å²) in [5, 5.41) is 18.2. The zero-order valence-electron chi connectivity index (χ0n) is 14.7. The second-order valence-corrected chi connectivity index (χ2v) is 8.17. The molecule has 8 nitrogen and oxygen atoms in total. The fourth-order valence-electron chi connectivity index (χ4n) is 3.56. The van der Waals surface area contributed by atoms with Crippen LogP contribution >= 0.6 is 11.8 Å². The van der Waals surface area contributed by atoms with Crippen molar-refractivity contribution in [3.63, 3.8) is 0 Å². The summed E-state index contributed by atoms with van der Waals surface area (Å²) in [7, 11) is 0. The fourth-order valence-corrected chi connectivity index (χ4v) is 5.22. The summed E-state index contributed by atoms with van der Waals surface area (Å²) in [5.74, 6) is -3.21. The highest BCUT2D eigenvalue weighted by Gasteiger charge is 2.66. The lowest BCUT2D eigenvalue weighted by Crippen LogP contribution is -2.71. The highest BCUT2D eigenvalue weighted by molar-refractivity contribution is 8.02.